The highest BCUT2D eigenvalue weighted by Gasteiger charge is 2.10. The van der Waals surface area contributed by atoms with E-state index in [1.807, 2.05) is 0 Å². The Morgan fingerprint density at radius 3 is 2.62 bits per heavy atom. The summed E-state index contributed by atoms with van der Waals surface area (Å²) in [6.45, 7) is 6.87. The molecule has 0 radical (unpaired) electrons. The summed E-state index contributed by atoms with van der Waals surface area (Å²) in [5.41, 5.74) is 0.832. The second kappa shape index (κ2) is 6.49. The fraction of sp³-hybridized carbons (Fsp3) is 0.333. The second-order valence-electron chi connectivity index (χ2n) is 5.63. The molecule has 0 spiro atoms. The van der Waals surface area contributed by atoms with E-state index in [-0.39, 0.29) is 11.4 Å². The number of nitrogens with one attached hydrogen (secondary N) is 1. The zero-order valence-electron chi connectivity index (χ0n) is 12.2. The molecule has 0 saturated carbocycles. The van der Waals surface area contributed by atoms with Crippen LogP contribution >= 0.6 is 15.9 Å². The van der Waals surface area contributed by atoms with Crippen LogP contribution in [0.15, 0.2) is 35.1 Å². The normalized spacial score (nSPS) is 11.5. The van der Waals surface area contributed by atoms with Gasteiger partial charge in [0.2, 0.25) is 5.88 Å². The highest BCUT2D eigenvalue weighted by Crippen LogP contribution is 2.29. The van der Waals surface area contributed by atoms with Gasteiger partial charge >= 0.3 is 0 Å². The minimum absolute atomic E-state index is 0.0171. The molecule has 1 aromatic heterocycles. The highest BCUT2D eigenvalue weighted by atomic mass is 79.9. The monoisotopic (exact) mass is 353 g/mol. The van der Waals surface area contributed by atoms with E-state index in [0.717, 1.165) is 5.69 Å². The van der Waals surface area contributed by atoms with Crippen molar-refractivity contribution in [2.45, 2.75) is 32.9 Å². The topological polar surface area (TPSA) is 47.0 Å². The first-order valence-electron chi connectivity index (χ1n) is 6.52. The second-order valence-corrected chi connectivity index (χ2v) is 6.48. The lowest BCUT2D eigenvalue weighted by Crippen LogP contribution is -2.35. The van der Waals surface area contributed by atoms with Crippen LogP contribution < -0.4 is 10.1 Å². The lowest BCUT2D eigenvalue weighted by Gasteiger charge is -2.19. The molecule has 0 unspecified atom stereocenters. The van der Waals surface area contributed by atoms with E-state index in [4.69, 9.17) is 4.74 Å². The third-order valence-electron chi connectivity index (χ3n) is 2.59. The Hall–Kier alpha value is -1.53. The van der Waals surface area contributed by atoms with Crippen molar-refractivity contribution in [3.63, 3.8) is 0 Å². The van der Waals surface area contributed by atoms with Gasteiger partial charge in [0.25, 0.3) is 0 Å². The lowest BCUT2D eigenvalue weighted by atomic mass is 10.1. The van der Waals surface area contributed by atoms with Crippen LogP contribution in [0, 0.1) is 5.82 Å². The highest BCUT2D eigenvalue weighted by molar-refractivity contribution is 9.10. The zero-order valence-corrected chi connectivity index (χ0v) is 13.7. The Labute approximate surface area is 131 Å². The summed E-state index contributed by atoms with van der Waals surface area (Å²) in [7, 11) is 0. The van der Waals surface area contributed by atoms with Gasteiger partial charge in [-0.25, -0.2) is 9.37 Å². The molecule has 0 aliphatic carbocycles. The first-order chi connectivity index (χ1) is 9.83. The van der Waals surface area contributed by atoms with E-state index in [1.54, 1.807) is 12.3 Å². The van der Waals surface area contributed by atoms with Crippen molar-refractivity contribution in [2.75, 3.05) is 0 Å². The number of ether oxygens (including phenoxy) is 1. The van der Waals surface area contributed by atoms with Gasteiger partial charge in [0.1, 0.15) is 11.6 Å². The molecule has 0 aliphatic heterocycles. The Bertz CT molecular complexity index is 611. The van der Waals surface area contributed by atoms with Crippen LogP contribution in [0.4, 0.5) is 4.39 Å². The van der Waals surface area contributed by atoms with Gasteiger partial charge in [-0.2, -0.15) is 0 Å². The molecule has 0 aliphatic rings. The number of nitrogens with zero attached hydrogens (tertiary/aromatic N) is 2. The molecule has 2 rings (SSSR count). The van der Waals surface area contributed by atoms with Gasteiger partial charge < -0.3 is 10.1 Å². The molecule has 0 amide bonds. The summed E-state index contributed by atoms with van der Waals surface area (Å²) in [6.07, 6.45) is 3.16. The Kier molecular flexibility index (Phi) is 4.90. The van der Waals surface area contributed by atoms with Crippen molar-refractivity contribution >= 4 is 15.9 Å². The summed E-state index contributed by atoms with van der Waals surface area (Å²) in [5, 5.41) is 3.32. The number of aromatic nitrogens is 2. The quantitative estimate of drug-likeness (QED) is 0.900. The fourth-order valence-electron chi connectivity index (χ4n) is 1.51. The molecule has 0 fully saturated rings. The fourth-order valence-corrected chi connectivity index (χ4v) is 1.84. The molecule has 21 heavy (non-hydrogen) atoms. The van der Waals surface area contributed by atoms with Crippen molar-refractivity contribution in [3.8, 4) is 11.6 Å². The summed E-state index contributed by atoms with van der Waals surface area (Å²) in [6, 6.07) is 4.23. The van der Waals surface area contributed by atoms with Crippen LogP contribution in [0.1, 0.15) is 26.5 Å². The molecule has 1 aromatic carbocycles. The Morgan fingerprint density at radius 1 is 1.24 bits per heavy atom. The summed E-state index contributed by atoms with van der Waals surface area (Å²) >= 11 is 3.30. The lowest BCUT2D eigenvalue weighted by molar-refractivity contribution is 0.418. The first-order valence-corrected chi connectivity index (χ1v) is 7.32. The van der Waals surface area contributed by atoms with Crippen LogP contribution in [0.3, 0.4) is 0 Å². The van der Waals surface area contributed by atoms with E-state index in [2.05, 4.69) is 52.0 Å². The number of hydrogen-bond donors (Lipinski definition) is 1. The molecule has 0 saturated heterocycles. The van der Waals surface area contributed by atoms with Gasteiger partial charge in [-0.3, -0.25) is 4.98 Å². The molecule has 6 heteroatoms. The van der Waals surface area contributed by atoms with E-state index >= 15 is 0 Å². The zero-order chi connectivity index (χ0) is 15.5. The van der Waals surface area contributed by atoms with Crippen molar-refractivity contribution in [1.82, 2.24) is 15.3 Å². The van der Waals surface area contributed by atoms with E-state index in [1.165, 1.54) is 18.3 Å². The summed E-state index contributed by atoms with van der Waals surface area (Å²) in [4.78, 5) is 8.45. The van der Waals surface area contributed by atoms with Gasteiger partial charge in [-0.15, -0.1) is 0 Å². The number of halogens is 2. The average Bonchev–Trinajstić information content (AvgIpc) is 2.41. The SMILES string of the molecule is CC(C)(C)NCc1cnc(Oc2cc(F)ccc2Br)cn1. The van der Waals surface area contributed by atoms with Gasteiger partial charge in [-0.05, 0) is 48.8 Å². The molecular weight excluding hydrogens is 337 g/mol. The van der Waals surface area contributed by atoms with Gasteiger partial charge in [-0.1, -0.05) is 0 Å². The standard InChI is InChI=1S/C15H17BrFN3O/c1-15(2,3)20-8-11-7-19-14(9-18-11)21-13-6-10(17)4-5-12(13)16/h4-7,9,20H,8H2,1-3H3. The summed E-state index contributed by atoms with van der Waals surface area (Å²) < 4.78 is 19.3. The smallest absolute Gasteiger partial charge is 0.237 e. The molecule has 0 bridgehead atoms. The molecule has 1 heterocycles. The minimum atomic E-state index is -0.368. The maximum atomic E-state index is 13.2. The maximum Gasteiger partial charge on any atom is 0.237 e. The predicted molar refractivity (Wildman–Crippen MR) is 82.8 cm³/mol. The van der Waals surface area contributed by atoms with Crippen LogP contribution in [0.2, 0.25) is 0 Å². The molecule has 2 aromatic rings. The number of benzene rings is 1. The van der Waals surface area contributed by atoms with Gasteiger partial charge in [0.15, 0.2) is 0 Å². The van der Waals surface area contributed by atoms with E-state index < -0.39 is 0 Å². The van der Waals surface area contributed by atoms with Gasteiger partial charge in [0.05, 0.1) is 22.6 Å². The predicted octanol–water partition coefficient (Wildman–Crippen LogP) is 4.06. The first kappa shape index (κ1) is 15.9. The van der Waals surface area contributed by atoms with Crippen molar-refractivity contribution < 1.29 is 9.13 Å². The van der Waals surface area contributed by atoms with Crippen molar-refractivity contribution in [3.05, 3.63) is 46.6 Å². The number of hydrogen-bond acceptors (Lipinski definition) is 4. The van der Waals surface area contributed by atoms with Crippen LogP contribution in [0.5, 0.6) is 11.6 Å². The Morgan fingerprint density at radius 2 is 2.00 bits per heavy atom. The Balaban J connectivity index is 2.04. The molecule has 4 nitrogen and oxygen atoms in total. The van der Waals surface area contributed by atoms with Crippen molar-refractivity contribution in [2.24, 2.45) is 0 Å². The maximum absolute atomic E-state index is 13.2. The third kappa shape index (κ3) is 5.06. The van der Waals surface area contributed by atoms with Crippen LogP contribution in [-0.4, -0.2) is 15.5 Å². The molecule has 0 atom stereocenters. The summed E-state index contributed by atoms with van der Waals surface area (Å²) in [5.74, 6) is 0.317. The van der Waals surface area contributed by atoms with Crippen LogP contribution in [0.25, 0.3) is 0 Å². The van der Waals surface area contributed by atoms with Crippen LogP contribution in [-0.2, 0) is 6.54 Å². The van der Waals surface area contributed by atoms with Crippen molar-refractivity contribution in [1.29, 1.82) is 0 Å². The van der Waals surface area contributed by atoms with E-state index in [9.17, 15) is 4.39 Å². The molecule has 112 valence electrons. The van der Waals surface area contributed by atoms with E-state index in [0.29, 0.717) is 22.6 Å². The molecular formula is C15H17BrFN3O. The minimum Gasteiger partial charge on any atom is -0.436 e. The third-order valence-corrected chi connectivity index (χ3v) is 3.24. The molecule has 1 N–H and O–H groups in total. The number of rotatable bonds is 4. The average molecular weight is 354 g/mol. The largest absolute Gasteiger partial charge is 0.436 e. The van der Waals surface area contributed by atoms with Gasteiger partial charge in [0, 0.05) is 18.2 Å².